The van der Waals surface area contributed by atoms with Crippen LogP contribution in [0.5, 0.6) is 0 Å². The number of hydrogen-bond donors (Lipinski definition) is 0. The minimum absolute atomic E-state index is 0.0250. The molecule has 0 N–H and O–H groups in total. The normalized spacial score (nSPS) is 11.4. The van der Waals surface area contributed by atoms with E-state index >= 15 is 0 Å². The Morgan fingerprint density at radius 2 is 1.57 bits per heavy atom. The molecule has 0 spiro atoms. The van der Waals surface area contributed by atoms with E-state index in [1.807, 2.05) is 36.4 Å². The molecule has 0 aliphatic rings. The van der Waals surface area contributed by atoms with E-state index in [1.165, 1.54) is 36.4 Å². The molecule has 0 radical (unpaired) electrons. The first-order valence-electron chi connectivity index (χ1n) is 11.8. The first-order valence-corrected chi connectivity index (χ1v) is 13.4. The third kappa shape index (κ3) is 6.49. The maximum Gasteiger partial charge on any atom is 0.257 e. The number of methoxy groups -OCH3 is 1. The number of aromatic nitrogens is 2. The lowest BCUT2D eigenvalue weighted by Gasteiger charge is -2.24. The lowest BCUT2D eigenvalue weighted by atomic mass is 10.1. The largest absolute Gasteiger partial charge is 0.383 e. The van der Waals surface area contributed by atoms with E-state index in [0.29, 0.717) is 11.3 Å². The Morgan fingerprint density at radius 3 is 2.22 bits per heavy atom. The Morgan fingerprint density at radius 1 is 0.946 bits per heavy atom. The molecule has 0 saturated heterocycles. The van der Waals surface area contributed by atoms with Crippen molar-refractivity contribution in [3.63, 3.8) is 0 Å². The zero-order valence-corrected chi connectivity index (χ0v) is 21.3. The van der Waals surface area contributed by atoms with E-state index in [-0.39, 0.29) is 42.7 Å². The molecule has 1 amide bonds. The third-order valence-electron chi connectivity index (χ3n) is 5.87. The zero-order chi connectivity index (χ0) is 26.3. The van der Waals surface area contributed by atoms with Gasteiger partial charge in [-0.3, -0.25) is 4.79 Å². The Balaban J connectivity index is 1.72. The number of benzene rings is 3. The van der Waals surface area contributed by atoms with Crippen LogP contribution in [0, 0.1) is 5.82 Å². The van der Waals surface area contributed by atoms with Crippen LogP contribution in [0.4, 0.5) is 4.39 Å². The molecular weight excluding hydrogens is 493 g/mol. The van der Waals surface area contributed by atoms with Gasteiger partial charge in [0.2, 0.25) is 15.0 Å². The minimum atomic E-state index is -3.81. The quantitative estimate of drug-likeness (QED) is 0.293. The second-order valence-electron chi connectivity index (χ2n) is 8.55. The summed E-state index contributed by atoms with van der Waals surface area (Å²) in [4.78, 5) is 19.0. The lowest BCUT2D eigenvalue weighted by Crippen LogP contribution is -2.35. The van der Waals surface area contributed by atoms with Gasteiger partial charge in [-0.1, -0.05) is 72.8 Å². The molecule has 1 aromatic heterocycles. The Kier molecular flexibility index (Phi) is 8.47. The van der Waals surface area contributed by atoms with Crippen molar-refractivity contribution < 1.29 is 22.3 Å². The summed E-state index contributed by atoms with van der Waals surface area (Å²) in [6.45, 7) is 0.682. The fraction of sp³-hybridized carbons (Fsp3) is 0.214. The predicted molar refractivity (Wildman–Crippen MR) is 138 cm³/mol. The van der Waals surface area contributed by atoms with E-state index in [9.17, 15) is 17.6 Å². The molecule has 37 heavy (non-hydrogen) atoms. The number of halogens is 1. The van der Waals surface area contributed by atoms with Crippen molar-refractivity contribution in [3.8, 4) is 0 Å². The van der Waals surface area contributed by atoms with Crippen molar-refractivity contribution in [2.24, 2.45) is 0 Å². The zero-order valence-electron chi connectivity index (χ0n) is 20.5. The fourth-order valence-corrected chi connectivity index (χ4v) is 5.51. The van der Waals surface area contributed by atoms with E-state index < -0.39 is 21.6 Å². The van der Waals surface area contributed by atoms with Gasteiger partial charge in [0.05, 0.1) is 42.9 Å². The highest BCUT2D eigenvalue weighted by Crippen LogP contribution is 2.21. The second-order valence-corrected chi connectivity index (χ2v) is 10.4. The number of nitrogens with zero attached hydrogens (tertiary/aromatic N) is 3. The summed E-state index contributed by atoms with van der Waals surface area (Å²) in [6.07, 6.45) is 1.47. The van der Waals surface area contributed by atoms with Crippen LogP contribution in [-0.2, 0) is 33.4 Å². The number of imidazole rings is 1. The average molecular weight is 522 g/mol. The number of amides is 1. The Bertz CT molecular complexity index is 1440. The molecule has 3 aromatic carbocycles. The molecule has 0 unspecified atom stereocenters. The van der Waals surface area contributed by atoms with Crippen LogP contribution in [0.3, 0.4) is 0 Å². The molecule has 0 bridgehead atoms. The molecule has 0 aliphatic carbocycles. The maximum atomic E-state index is 14.4. The Hall–Kier alpha value is -3.82. The number of hydrogen-bond acceptors (Lipinski definition) is 5. The molecule has 192 valence electrons. The molecule has 0 fully saturated rings. The summed E-state index contributed by atoms with van der Waals surface area (Å²) in [7, 11) is -2.30. The van der Waals surface area contributed by atoms with Crippen LogP contribution < -0.4 is 0 Å². The Labute approximate surface area is 216 Å². The van der Waals surface area contributed by atoms with Gasteiger partial charge in [0, 0.05) is 13.7 Å². The molecule has 1 heterocycles. The standard InChI is InChI=1S/C28H28FN3O4S/c1-36-17-16-31(27(33)25-14-8-9-15-26(25)29)20-24-18-30-28(32(24)19-22-10-4-2-5-11-22)37(34,35)21-23-12-6-3-7-13-23/h2-15,18H,16-17,19-21H2,1H3. The number of ether oxygens (including phenoxy) is 1. The summed E-state index contributed by atoms with van der Waals surface area (Å²) in [5.41, 5.74) is 1.97. The minimum Gasteiger partial charge on any atom is -0.383 e. The van der Waals surface area contributed by atoms with Crippen LogP contribution in [0.2, 0.25) is 0 Å². The molecule has 0 aliphatic heterocycles. The number of carbonyl (C=O) groups excluding carboxylic acids is 1. The highest BCUT2D eigenvalue weighted by Gasteiger charge is 2.27. The smallest absolute Gasteiger partial charge is 0.257 e. The van der Waals surface area contributed by atoms with Gasteiger partial charge in [-0.2, -0.15) is 0 Å². The van der Waals surface area contributed by atoms with Crippen molar-refractivity contribution in [3.05, 3.63) is 119 Å². The monoisotopic (exact) mass is 521 g/mol. The van der Waals surface area contributed by atoms with E-state index in [0.717, 1.165) is 5.56 Å². The summed E-state index contributed by atoms with van der Waals surface area (Å²) in [6, 6.07) is 24.1. The maximum absolute atomic E-state index is 14.4. The van der Waals surface area contributed by atoms with Gasteiger partial charge in [-0.05, 0) is 23.3 Å². The lowest BCUT2D eigenvalue weighted by molar-refractivity contribution is 0.0671. The van der Waals surface area contributed by atoms with Crippen molar-refractivity contribution >= 4 is 15.7 Å². The van der Waals surface area contributed by atoms with Crippen molar-refractivity contribution in [2.45, 2.75) is 24.0 Å². The number of carbonyl (C=O) groups is 1. The summed E-state index contributed by atoms with van der Waals surface area (Å²) in [5.74, 6) is -1.35. The van der Waals surface area contributed by atoms with Gasteiger partial charge in [0.25, 0.3) is 5.91 Å². The van der Waals surface area contributed by atoms with Crippen molar-refractivity contribution in [2.75, 3.05) is 20.3 Å². The van der Waals surface area contributed by atoms with E-state index in [2.05, 4.69) is 4.98 Å². The van der Waals surface area contributed by atoms with Gasteiger partial charge in [-0.15, -0.1) is 0 Å². The average Bonchev–Trinajstić information content (AvgIpc) is 3.30. The first kappa shape index (κ1) is 26.2. The van der Waals surface area contributed by atoms with Gasteiger partial charge in [0.15, 0.2) is 0 Å². The van der Waals surface area contributed by atoms with Gasteiger partial charge >= 0.3 is 0 Å². The van der Waals surface area contributed by atoms with Crippen LogP contribution >= 0.6 is 0 Å². The topological polar surface area (TPSA) is 81.5 Å². The summed E-state index contributed by atoms with van der Waals surface area (Å²) >= 11 is 0. The predicted octanol–water partition coefficient (Wildman–Crippen LogP) is 4.33. The molecule has 9 heteroatoms. The van der Waals surface area contributed by atoms with Gasteiger partial charge < -0.3 is 14.2 Å². The van der Waals surface area contributed by atoms with Gasteiger partial charge in [-0.25, -0.2) is 17.8 Å². The molecule has 0 saturated carbocycles. The van der Waals surface area contributed by atoms with E-state index in [4.69, 9.17) is 4.74 Å². The molecule has 0 atom stereocenters. The number of rotatable bonds is 11. The van der Waals surface area contributed by atoms with Crippen LogP contribution in [0.1, 0.15) is 27.2 Å². The molecule has 4 aromatic rings. The summed E-state index contributed by atoms with van der Waals surface area (Å²) in [5, 5.41) is -0.0831. The SMILES string of the molecule is COCCN(Cc1cnc(S(=O)(=O)Cc2ccccc2)n1Cc1ccccc1)C(=O)c1ccccc1F. The third-order valence-corrected chi connectivity index (χ3v) is 7.47. The van der Waals surface area contributed by atoms with Gasteiger partial charge in [0.1, 0.15) is 5.82 Å². The van der Waals surface area contributed by atoms with Crippen molar-refractivity contribution in [1.82, 2.24) is 14.5 Å². The first-order chi connectivity index (χ1) is 17.9. The van der Waals surface area contributed by atoms with Crippen LogP contribution in [0.25, 0.3) is 0 Å². The highest BCUT2D eigenvalue weighted by atomic mass is 32.2. The fourth-order valence-electron chi connectivity index (χ4n) is 4.01. The highest BCUT2D eigenvalue weighted by molar-refractivity contribution is 7.90. The van der Waals surface area contributed by atoms with Crippen molar-refractivity contribution in [1.29, 1.82) is 0 Å². The number of sulfone groups is 1. The molecule has 7 nitrogen and oxygen atoms in total. The molecular formula is C28H28FN3O4S. The van der Waals surface area contributed by atoms with Crippen LogP contribution in [0.15, 0.2) is 96.3 Å². The van der Waals surface area contributed by atoms with Crippen LogP contribution in [-0.4, -0.2) is 49.0 Å². The second kappa shape index (κ2) is 11.9. The molecule has 4 rings (SSSR count). The summed E-state index contributed by atoms with van der Waals surface area (Å²) < 4.78 is 48.1. The van der Waals surface area contributed by atoms with E-state index in [1.54, 1.807) is 34.9 Å².